The highest BCUT2D eigenvalue weighted by molar-refractivity contribution is 6.02. The zero-order valence-electron chi connectivity index (χ0n) is 62.7. The molecule has 0 spiro atoms. The number of unbranched alkanes of at least 4 members (excludes halogenated alkanes) is 15. The number of carboxylic acid groups (broad SMARTS) is 1. The summed E-state index contributed by atoms with van der Waals surface area (Å²) in [6, 6.07) is 1.98. The van der Waals surface area contributed by atoms with Crippen molar-refractivity contribution in [3.05, 3.63) is 29.3 Å². The predicted molar refractivity (Wildman–Crippen MR) is 376 cm³/mol. The maximum Gasteiger partial charge on any atom is 0.303 e. The first-order chi connectivity index (χ1) is 50.7. The predicted octanol–water partition coefficient (Wildman–Crippen LogP) is 4.50. The number of carbonyl (C=O) groups excluding carboxylic acids is 12. The Bertz CT molecular complexity index is 2740. The van der Waals surface area contributed by atoms with E-state index in [4.69, 9.17) is 71.4 Å². The quantitative estimate of drug-likeness (QED) is 0.0268. The fraction of sp³-hybridized carbons (Fsp3) is 0.736. The topological polar surface area (TPSA) is 444 Å². The molecule has 106 heavy (non-hydrogen) atoms. The van der Waals surface area contributed by atoms with Gasteiger partial charge in [-0.2, -0.15) is 0 Å². The van der Waals surface area contributed by atoms with Gasteiger partial charge in [0.2, 0.25) is 23.6 Å². The number of nitrogens with one attached hydrogen (secondary N) is 6. The van der Waals surface area contributed by atoms with Gasteiger partial charge in [0.1, 0.15) is 37.5 Å². The number of amides is 6. The molecule has 600 valence electrons. The van der Waals surface area contributed by atoms with Crippen LogP contribution in [0.3, 0.4) is 0 Å². The lowest BCUT2D eigenvalue weighted by Gasteiger charge is -2.44. The van der Waals surface area contributed by atoms with Gasteiger partial charge in [-0.25, -0.2) is 0 Å². The van der Waals surface area contributed by atoms with Crippen molar-refractivity contribution in [2.24, 2.45) is 0 Å². The van der Waals surface area contributed by atoms with Crippen LogP contribution in [-0.4, -0.2) is 243 Å². The molecule has 2 aliphatic rings. The van der Waals surface area contributed by atoms with Gasteiger partial charge < -0.3 is 103 Å². The molecule has 0 aliphatic carbocycles. The molecule has 2 aliphatic heterocycles. The van der Waals surface area contributed by atoms with Crippen LogP contribution in [0.5, 0.6) is 0 Å². The molecule has 2 fully saturated rings. The van der Waals surface area contributed by atoms with Gasteiger partial charge in [-0.1, -0.05) is 83.5 Å². The fourth-order valence-corrected chi connectivity index (χ4v) is 11.4. The maximum atomic E-state index is 13.6. The minimum absolute atomic E-state index is 0.00724. The lowest BCUT2D eigenvalue weighted by Crippen LogP contribution is -2.66. The standard InChI is InChI=1S/C72H114N6O28/c1-47(79)76-63-67(103-53(7)85)65(101-51(5)83)58(45-99-49(3)81)105-71(63)97-40-38-95-36-34-93-32-30-74-69(91)55-42-56(44-57(43-55)78-61(88)27-23-19-15-12-11-14-18-22-26-60(87)73-29-25-21-17-13-9-10-16-20-24-28-62(89)90)70(92)75-31-33-94-35-37-96-39-41-98-72-64(77-48(2)80)68(104-54(8)86)66(102-52(6)84)59(106-72)46-100-50(4)82/h42-44,58-59,63-68,71-72H,9-41,45-46H2,1-8H3,(H,73,87)(H,74,91)(H,75,92)(H,76,79)(H,77,80)(H,78,88)(H,89,90)/t58-,59-,63-,64-,65+,66+,67-,68-,71?,72?/m1/s1. The van der Waals surface area contributed by atoms with Crippen LogP contribution in [0.2, 0.25) is 0 Å². The summed E-state index contributed by atoms with van der Waals surface area (Å²) in [4.78, 5) is 160. The van der Waals surface area contributed by atoms with E-state index in [0.717, 1.165) is 130 Å². The van der Waals surface area contributed by atoms with Gasteiger partial charge in [0.25, 0.3) is 11.8 Å². The summed E-state index contributed by atoms with van der Waals surface area (Å²) >= 11 is 0. The van der Waals surface area contributed by atoms with Crippen molar-refractivity contribution in [1.82, 2.24) is 26.6 Å². The van der Waals surface area contributed by atoms with Crippen molar-refractivity contribution < 1.29 is 134 Å². The Balaban J connectivity index is 1.50. The first-order valence-corrected chi connectivity index (χ1v) is 36.6. The Kier molecular flexibility index (Phi) is 47.5. The van der Waals surface area contributed by atoms with Gasteiger partial charge in [-0.3, -0.25) is 62.3 Å². The molecule has 10 atom stereocenters. The number of hydrogen-bond donors (Lipinski definition) is 7. The van der Waals surface area contributed by atoms with E-state index in [1.165, 1.54) is 45.9 Å². The second-order valence-electron chi connectivity index (χ2n) is 25.5. The molecule has 0 bridgehead atoms. The van der Waals surface area contributed by atoms with Gasteiger partial charge in [0.15, 0.2) is 37.0 Å². The van der Waals surface area contributed by atoms with Crippen LogP contribution < -0.4 is 31.9 Å². The minimum atomic E-state index is -1.30. The van der Waals surface area contributed by atoms with Crippen LogP contribution in [0.25, 0.3) is 0 Å². The van der Waals surface area contributed by atoms with Gasteiger partial charge in [0.05, 0.1) is 66.1 Å². The lowest BCUT2D eigenvalue weighted by molar-refractivity contribution is -0.279. The Labute approximate surface area is 619 Å². The summed E-state index contributed by atoms with van der Waals surface area (Å²) in [5.41, 5.74) is 0.358. The van der Waals surface area contributed by atoms with E-state index in [-0.39, 0.29) is 121 Å². The van der Waals surface area contributed by atoms with Crippen molar-refractivity contribution in [2.75, 3.05) is 104 Å². The van der Waals surface area contributed by atoms with Crippen LogP contribution in [-0.2, 0) is 119 Å². The van der Waals surface area contributed by atoms with E-state index in [9.17, 15) is 62.3 Å². The molecular weight excluding hydrogens is 1400 g/mol. The van der Waals surface area contributed by atoms with Gasteiger partial charge in [-0.05, 0) is 43.9 Å². The van der Waals surface area contributed by atoms with Gasteiger partial charge >= 0.3 is 41.8 Å². The normalized spacial score (nSPS) is 19.6. The number of ether oxygens (including phenoxy) is 14. The summed E-state index contributed by atoms with van der Waals surface area (Å²) in [6.07, 6.45) is 7.41. The first kappa shape index (κ1) is 92.2. The van der Waals surface area contributed by atoms with Crippen molar-refractivity contribution in [1.29, 1.82) is 0 Å². The highest BCUT2D eigenvalue weighted by Gasteiger charge is 2.53. The number of rotatable bonds is 56. The van der Waals surface area contributed by atoms with E-state index < -0.39 is 140 Å². The molecule has 0 saturated carbocycles. The Morgan fingerprint density at radius 1 is 0.368 bits per heavy atom. The van der Waals surface area contributed by atoms with Crippen molar-refractivity contribution in [2.45, 2.75) is 245 Å². The zero-order valence-corrected chi connectivity index (χ0v) is 62.7. The van der Waals surface area contributed by atoms with Gasteiger partial charge in [-0.15, -0.1) is 0 Å². The number of hydrogen-bond acceptors (Lipinski definition) is 27. The highest BCUT2D eigenvalue weighted by Crippen LogP contribution is 2.30. The summed E-state index contributed by atoms with van der Waals surface area (Å²) < 4.78 is 78.5. The molecule has 1 aromatic carbocycles. The van der Waals surface area contributed by atoms with Crippen molar-refractivity contribution >= 4 is 82.9 Å². The Morgan fingerprint density at radius 3 is 1.08 bits per heavy atom. The summed E-state index contributed by atoms with van der Waals surface area (Å²) in [6.45, 7) is 9.44. The number of aliphatic carboxylic acids is 1. The number of anilines is 1. The first-order valence-electron chi connectivity index (χ1n) is 36.6. The second-order valence-corrected chi connectivity index (χ2v) is 25.5. The zero-order chi connectivity index (χ0) is 78.0. The minimum Gasteiger partial charge on any atom is -0.481 e. The van der Waals surface area contributed by atoms with Crippen molar-refractivity contribution in [3.63, 3.8) is 0 Å². The number of carboxylic acids is 1. The lowest BCUT2D eigenvalue weighted by atomic mass is 9.96. The maximum absolute atomic E-state index is 13.6. The van der Waals surface area contributed by atoms with Gasteiger partial charge in [0, 0.05) is 111 Å². The summed E-state index contributed by atoms with van der Waals surface area (Å²) in [5.74, 6) is -7.52. The smallest absolute Gasteiger partial charge is 0.303 e. The highest BCUT2D eigenvalue weighted by atomic mass is 16.7. The molecule has 6 amide bonds. The average Bonchev–Trinajstić information content (AvgIpc) is 0.793. The summed E-state index contributed by atoms with van der Waals surface area (Å²) in [5, 5.41) is 25.4. The van der Waals surface area contributed by atoms with Crippen LogP contribution in [0.15, 0.2) is 18.2 Å². The van der Waals surface area contributed by atoms with Crippen LogP contribution >= 0.6 is 0 Å². The third-order valence-corrected chi connectivity index (χ3v) is 16.2. The van der Waals surface area contributed by atoms with Crippen LogP contribution in [0.1, 0.15) is 205 Å². The number of esters is 6. The molecule has 0 radical (unpaired) electrons. The monoisotopic (exact) mass is 1510 g/mol. The van der Waals surface area contributed by atoms with E-state index in [0.29, 0.717) is 19.4 Å². The molecule has 0 aromatic heterocycles. The third kappa shape index (κ3) is 41.8. The molecule has 34 heteroatoms. The SMILES string of the molecule is CC(=O)N[C@H]1C(OCCOCCOCCNC(=O)c2cc(NC(=O)CCCCCCCCCCC(=O)NCCCCCCCCCCCC(=O)O)cc(C(=O)NCCOCCOCCOC3O[C@H](COC(C)=O)[C@H](OC(C)=O)[C@H](OC(C)=O)[C@H]3NC(C)=O)c2)O[C@H](COC(C)=O)[C@H](OC(C)=O)[C@@H]1OC(C)=O. The van der Waals surface area contributed by atoms with Crippen LogP contribution in [0.4, 0.5) is 5.69 Å². The number of carbonyl (C=O) groups is 13. The largest absolute Gasteiger partial charge is 0.481 e. The molecule has 3 rings (SSSR count). The van der Waals surface area contributed by atoms with Crippen molar-refractivity contribution in [3.8, 4) is 0 Å². The van der Waals surface area contributed by atoms with E-state index in [1.54, 1.807) is 0 Å². The molecule has 2 saturated heterocycles. The molecular formula is C72H114N6O28. The van der Waals surface area contributed by atoms with Crippen LogP contribution in [0, 0.1) is 0 Å². The van der Waals surface area contributed by atoms with E-state index in [1.807, 2.05) is 0 Å². The molecule has 1 aromatic rings. The molecule has 7 N–H and O–H groups in total. The molecule has 2 heterocycles. The third-order valence-electron chi connectivity index (χ3n) is 16.2. The Morgan fingerprint density at radius 2 is 0.708 bits per heavy atom. The Hall–Kier alpha value is -7.99. The van der Waals surface area contributed by atoms with E-state index >= 15 is 0 Å². The summed E-state index contributed by atoms with van der Waals surface area (Å²) in [7, 11) is 0. The number of benzene rings is 1. The van der Waals surface area contributed by atoms with E-state index in [2.05, 4.69) is 31.9 Å². The fourth-order valence-electron chi connectivity index (χ4n) is 11.4. The average molecular weight is 1510 g/mol. The second kappa shape index (κ2) is 54.6. The molecule has 2 unspecified atom stereocenters. The molecule has 34 nitrogen and oxygen atoms in total.